The number of rotatable bonds is 6. The maximum atomic E-state index is 5.45. The normalized spacial score (nSPS) is 22.0. The quantitative estimate of drug-likeness (QED) is 0.822. The molecule has 5 nitrogen and oxygen atoms in total. The Morgan fingerprint density at radius 3 is 3.28 bits per heavy atom. The third kappa shape index (κ3) is 4.68. The third-order valence-electron chi connectivity index (χ3n) is 3.07. The maximum Gasteiger partial charge on any atom is 0.0632 e. The van der Waals surface area contributed by atoms with Gasteiger partial charge in [-0.15, -0.1) is 0 Å². The van der Waals surface area contributed by atoms with Crippen LogP contribution in [-0.2, 0) is 11.3 Å². The van der Waals surface area contributed by atoms with Gasteiger partial charge in [-0.25, -0.2) is 0 Å². The number of morpholine rings is 1. The van der Waals surface area contributed by atoms with E-state index in [-0.39, 0.29) is 0 Å². The minimum atomic E-state index is 0.486. The van der Waals surface area contributed by atoms with Gasteiger partial charge in [-0.3, -0.25) is 4.68 Å². The van der Waals surface area contributed by atoms with E-state index < -0.39 is 0 Å². The van der Waals surface area contributed by atoms with Gasteiger partial charge in [-0.1, -0.05) is 0 Å². The zero-order chi connectivity index (χ0) is 12.8. The molecular formula is C12H21BrN4O. The third-order valence-corrected chi connectivity index (χ3v) is 3.48. The summed E-state index contributed by atoms with van der Waals surface area (Å²) in [6, 6.07) is 0.975. The summed E-state index contributed by atoms with van der Waals surface area (Å²) in [6.07, 6.45) is 4.90. The van der Waals surface area contributed by atoms with Gasteiger partial charge in [0, 0.05) is 31.4 Å². The van der Waals surface area contributed by atoms with Crippen LogP contribution in [0.2, 0.25) is 0 Å². The van der Waals surface area contributed by atoms with Crippen molar-refractivity contribution in [2.24, 2.45) is 0 Å². The molecule has 1 aromatic heterocycles. The highest BCUT2D eigenvalue weighted by Crippen LogP contribution is 2.06. The number of aromatic nitrogens is 2. The van der Waals surface area contributed by atoms with Crippen LogP contribution in [0.5, 0.6) is 0 Å². The summed E-state index contributed by atoms with van der Waals surface area (Å²) in [5.74, 6) is 0. The molecule has 1 aliphatic rings. The number of nitrogens with one attached hydrogen (secondary N) is 2. The SMILES string of the molecule is CC(CC1COCCN1)NCCn1cc(Br)cn1. The van der Waals surface area contributed by atoms with Gasteiger partial charge in [0.25, 0.3) is 0 Å². The first kappa shape index (κ1) is 14.0. The highest BCUT2D eigenvalue weighted by atomic mass is 79.9. The lowest BCUT2D eigenvalue weighted by atomic mass is 10.1. The first-order chi connectivity index (χ1) is 8.74. The molecule has 2 rings (SSSR count). The van der Waals surface area contributed by atoms with Gasteiger partial charge in [0.05, 0.1) is 30.4 Å². The van der Waals surface area contributed by atoms with Crippen molar-refractivity contribution in [3.8, 4) is 0 Å². The molecule has 0 amide bonds. The van der Waals surface area contributed by atoms with Gasteiger partial charge in [0.2, 0.25) is 0 Å². The average Bonchev–Trinajstić information content (AvgIpc) is 2.76. The van der Waals surface area contributed by atoms with E-state index in [1.54, 1.807) is 0 Å². The van der Waals surface area contributed by atoms with Crippen molar-refractivity contribution in [2.45, 2.75) is 32.0 Å². The fraction of sp³-hybridized carbons (Fsp3) is 0.750. The van der Waals surface area contributed by atoms with Crippen molar-refractivity contribution in [1.29, 1.82) is 0 Å². The highest BCUT2D eigenvalue weighted by Gasteiger charge is 2.15. The average molecular weight is 317 g/mol. The van der Waals surface area contributed by atoms with E-state index in [2.05, 4.69) is 38.6 Å². The Kier molecular flexibility index (Phi) is 5.62. The summed E-state index contributed by atoms with van der Waals surface area (Å²) in [4.78, 5) is 0. The summed E-state index contributed by atoms with van der Waals surface area (Å²) in [6.45, 7) is 6.69. The summed E-state index contributed by atoms with van der Waals surface area (Å²) in [7, 11) is 0. The standard InChI is InChI=1S/C12H21BrN4O/c1-10(6-12-9-18-5-3-15-12)14-2-4-17-8-11(13)7-16-17/h7-8,10,12,14-15H,2-6,9H2,1H3. The van der Waals surface area contributed by atoms with E-state index in [9.17, 15) is 0 Å². The Labute approximate surface area is 116 Å². The van der Waals surface area contributed by atoms with Crippen LogP contribution in [0.4, 0.5) is 0 Å². The van der Waals surface area contributed by atoms with Crippen LogP contribution < -0.4 is 10.6 Å². The minimum absolute atomic E-state index is 0.486. The fourth-order valence-electron chi connectivity index (χ4n) is 2.17. The Morgan fingerprint density at radius 2 is 2.61 bits per heavy atom. The number of hydrogen-bond donors (Lipinski definition) is 2. The summed E-state index contributed by atoms with van der Waals surface area (Å²) in [5.41, 5.74) is 0. The van der Waals surface area contributed by atoms with E-state index in [1.807, 2.05) is 17.1 Å². The fourth-order valence-corrected chi connectivity index (χ4v) is 2.50. The lowest BCUT2D eigenvalue weighted by Crippen LogP contribution is -2.45. The largest absolute Gasteiger partial charge is 0.379 e. The summed E-state index contributed by atoms with van der Waals surface area (Å²) in [5, 5.41) is 11.2. The van der Waals surface area contributed by atoms with E-state index in [1.165, 1.54) is 0 Å². The molecule has 0 aliphatic carbocycles. The molecule has 102 valence electrons. The zero-order valence-electron chi connectivity index (χ0n) is 10.7. The Bertz CT molecular complexity index is 352. The van der Waals surface area contributed by atoms with Gasteiger partial charge in [-0.2, -0.15) is 5.10 Å². The van der Waals surface area contributed by atoms with Gasteiger partial charge in [0.1, 0.15) is 0 Å². The predicted molar refractivity (Wildman–Crippen MR) is 74.6 cm³/mol. The van der Waals surface area contributed by atoms with Crippen LogP contribution in [0.3, 0.4) is 0 Å². The number of nitrogens with zero attached hydrogens (tertiary/aromatic N) is 2. The Hall–Kier alpha value is -0.430. The van der Waals surface area contributed by atoms with Gasteiger partial charge >= 0.3 is 0 Å². The van der Waals surface area contributed by atoms with Crippen LogP contribution in [0, 0.1) is 0 Å². The molecule has 2 atom stereocenters. The van der Waals surface area contributed by atoms with E-state index >= 15 is 0 Å². The number of halogens is 1. The van der Waals surface area contributed by atoms with Crippen LogP contribution in [0.25, 0.3) is 0 Å². The Morgan fingerprint density at radius 1 is 1.72 bits per heavy atom. The highest BCUT2D eigenvalue weighted by molar-refractivity contribution is 9.10. The first-order valence-corrected chi connectivity index (χ1v) is 7.26. The van der Waals surface area contributed by atoms with Crippen LogP contribution in [-0.4, -0.2) is 48.2 Å². The summed E-state index contributed by atoms with van der Waals surface area (Å²) < 4.78 is 8.41. The monoisotopic (exact) mass is 316 g/mol. The smallest absolute Gasteiger partial charge is 0.0632 e. The lowest BCUT2D eigenvalue weighted by molar-refractivity contribution is 0.0712. The maximum absolute atomic E-state index is 5.45. The Balaban J connectivity index is 1.60. The van der Waals surface area contributed by atoms with Crippen LogP contribution >= 0.6 is 15.9 Å². The van der Waals surface area contributed by atoms with Crippen molar-refractivity contribution in [2.75, 3.05) is 26.3 Å². The van der Waals surface area contributed by atoms with Crippen LogP contribution in [0.15, 0.2) is 16.9 Å². The molecule has 1 aromatic rings. The molecule has 0 radical (unpaired) electrons. The molecule has 1 aliphatic heterocycles. The molecule has 2 N–H and O–H groups in total. The number of ether oxygens (including phenoxy) is 1. The van der Waals surface area contributed by atoms with Crippen LogP contribution in [0.1, 0.15) is 13.3 Å². The molecule has 2 unspecified atom stereocenters. The molecule has 0 spiro atoms. The zero-order valence-corrected chi connectivity index (χ0v) is 12.3. The molecule has 1 saturated heterocycles. The molecular weight excluding hydrogens is 296 g/mol. The second-order valence-electron chi connectivity index (χ2n) is 4.74. The molecule has 0 aromatic carbocycles. The second kappa shape index (κ2) is 7.23. The topological polar surface area (TPSA) is 51.1 Å². The molecule has 0 bridgehead atoms. The summed E-state index contributed by atoms with van der Waals surface area (Å²) >= 11 is 3.39. The molecule has 0 saturated carbocycles. The van der Waals surface area contributed by atoms with Crippen molar-refractivity contribution < 1.29 is 4.74 Å². The predicted octanol–water partition coefficient (Wildman–Crippen LogP) is 1.00. The van der Waals surface area contributed by atoms with Crippen molar-refractivity contribution >= 4 is 15.9 Å². The first-order valence-electron chi connectivity index (χ1n) is 6.46. The lowest BCUT2D eigenvalue weighted by Gasteiger charge is -2.26. The molecule has 6 heteroatoms. The second-order valence-corrected chi connectivity index (χ2v) is 5.65. The van der Waals surface area contributed by atoms with Crippen molar-refractivity contribution in [3.63, 3.8) is 0 Å². The molecule has 1 fully saturated rings. The number of hydrogen-bond acceptors (Lipinski definition) is 4. The molecule has 18 heavy (non-hydrogen) atoms. The van der Waals surface area contributed by atoms with Gasteiger partial charge in [-0.05, 0) is 29.3 Å². The van der Waals surface area contributed by atoms with E-state index in [0.29, 0.717) is 12.1 Å². The van der Waals surface area contributed by atoms with E-state index in [4.69, 9.17) is 4.74 Å². The van der Waals surface area contributed by atoms with Crippen molar-refractivity contribution in [3.05, 3.63) is 16.9 Å². The minimum Gasteiger partial charge on any atom is -0.379 e. The molecule has 2 heterocycles. The van der Waals surface area contributed by atoms with E-state index in [0.717, 1.165) is 43.7 Å². The van der Waals surface area contributed by atoms with Crippen molar-refractivity contribution in [1.82, 2.24) is 20.4 Å². The van der Waals surface area contributed by atoms with Gasteiger partial charge < -0.3 is 15.4 Å². The van der Waals surface area contributed by atoms with Gasteiger partial charge in [0.15, 0.2) is 0 Å².